The molecule has 0 spiro atoms. The maximum Gasteiger partial charge on any atom is 0.191 e. The zero-order valence-corrected chi connectivity index (χ0v) is 13.2. The van der Waals surface area contributed by atoms with E-state index in [1.54, 1.807) is 7.11 Å². The van der Waals surface area contributed by atoms with Crippen LogP contribution in [-0.4, -0.2) is 25.7 Å². The Morgan fingerprint density at radius 1 is 1.29 bits per heavy atom. The molecule has 0 radical (unpaired) electrons. The van der Waals surface area contributed by atoms with Crippen LogP contribution in [0.5, 0.6) is 5.75 Å². The molecule has 0 bridgehead atoms. The Kier molecular flexibility index (Phi) is 6.38. The highest BCUT2D eigenvalue weighted by molar-refractivity contribution is 5.80. The summed E-state index contributed by atoms with van der Waals surface area (Å²) in [6.07, 6.45) is 6.53. The fourth-order valence-corrected chi connectivity index (χ4v) is 2.70. The first kappa shape index (κ1) is 15.7. The third-order valence-electron chi connectivity index (χ3n) is 3.84. The maximum atomic E-state index is 5.25. The predicted molar refractivity (Wildman–Crippen MR) is 87.8 cm³/mol. The van der Waals surface area contributed by atoms with Crippen LogP contribution in [0.25, 0.3) is 0 Å². The lowest BCUT2D eigenvalue weighted by atomic mass is 9.96. The van der Waals surface area contributed by atoms with Gasteiger partial charge in [-0.2, -0.15) is 0 Å². The van der Waals surface area contributed by atoms with E-state index in [1.807, 2.05) is 18.2 Å². The van der Waals surface area contributed by atoms with Gasteiger partial charge in [0.15, 0.2) is 5.96 Å². The largest absolute Gasteiger partial charge is 0.497 e. The number of aliphatic imine (C=N–C) groups is 1. The third-order valence-corrected chi connectivity index (χ3v) is 3.84. The molecule has 21 heavy (non-hydrogen) atoms. The summed E-state index contributed by atoms with van der Waals surface area (Å²) in [6.45, 7) is 3.65. The number of hydrogen-bond acceptors (Lipinski definition) is 2. The van der Waals surface area contributed by atoms with E-state index in [-0.39, 0.29) is 0 Å². The van der Waals surface area contributed by atoms with Crippen molar-refractivity contribution >= 4 is 5.96 Å². The Bertz CT molecular complexity index is 453. The van der Waals surface area contributed by atoms with Crippen LogP contribution < -0.4 is 15.4 Å². The van der Waals surface area contributed by atoms with E-state index >= 15 is 0 Å². The van der Waals surface area contributed by atoms with Gasteiger partial charge in [0.1, 0.15) is 5.75 Å². The van der Waals surface area contributed by atoms with Gasteiger partial charge >= 0.3 is 0 Å². The summed E-state index contributed by atoms with van der Waals surface area (Å²) in [7, 11) is 1.69. The molecule has 0 saturated heterocycles. The van der Waals surface area contributed by atoms with Crippen molar-refractivity contribution in [3.63, 3.8) is 0 Å². The zero-order valence-electron chi connectivity index (χ0n) is 13.2. The normalized spacial score (nSPS) is 16.6. The molecule has 1 aromatic rings. The second-order valence-corrected chi connectivity index (χ2v) is 5.53. The molecule has 4 nitrogen and oxygen atoms in total. The standard InChI is InChI=1S/C17H27N3O/c1-3-18-17(20-15-9-5-4-6-10-15)19-13-14-8-7-11-16(12-14)21-2/h7-8,11-12,15H,3-6,9-10,13H2,1-2H3,(H2,18,19,20). The number of benzene rings is 1. The fourth-order valence-electron chi connectivity index (χ4n) is 2.70. The van der Waals surface area contributed by atoms with Gasteiger partial charge < -0.3 is 15.4 Å². The zero-order chi connectivity index (χ0) is 14.9. The minimum absolute atomic E-state index is 0.571. The highest BCUT2D eigenvalue weighted by Gasteiger charge is 2.14. The number of nitrogens with zero attached hydrogens (tertiary/aromatic N) is 1. The van der Waals surface area contributed by atoms with Crippen molar-refractivity contribution in [3.05, 3.63) is 29.8 Å². The van der Waals surface area contributed by atoms with Crippen LogP contribution in [0.15, 0.2) is 29.3 Å². The fraction of sp³-hybridized carbons (Fsp3) is 0.588. The maximum absolute atomic E-state index is 5.25. The molecule has 0 unspecified atom stereocenters. The molecule has 116 valence electrons. The van der Waals surface area contributed by atoms with Crippen LogP contribution in [0.4, 0.5) is 0 Å². The van der Waals surface area contributed by atoms with Crippen molar-refractivity contribution in [2.24, 2.45) is 4.99 Å². The van der Waals surface area contributed by atoms with Gasteiger partial charge in [0.05, 0.1) is 13.7 Å². The average Bonchev–Trinajstić information content (AvgIpc) is 2.54. The van der Waals surface area contributed by atoms with Crippen LogP contribution in [0.3, 0.4) is 0 Å². The highest BCUT2D eigenvalue weighted by Crippen LogP contribution is 2.17. The van der Waals surface area contributed by atoms with E-state index in [0.717, 1.165) is 23.8 Å². The van der Waals surface area contributed by atoms with Crippen LogP contribution >= 0.6 is 0 Å². The molecule has 0 aliphatic heterocycles. The number of nitrogens with one attached hydrogen (secondary N) is 2. The molecule has 1 fully saturated rings. The van der Waals surface area contributed by atoms with Gasteiger partial charge in [-0.25, -0.2) is 4.99 Å². The summed E-state index contributed by atoms with van der Waals surface area (Å²) < 4.78 is 5.25. The lowest BCUT2D eigenvalue weighted by molar-refractivity contribution is 0.410. The summed E-state index contributed by atoms with van der Waals surface area (Å²) in [5.41, 5.74) is 1.16. The lowest BCUT2D eigenvalue weighted by Gasteiger charge is -2.24. The van der Waals surface area contributed by atoms with Crippen LogP contribution in [0, 0.1) is 0 Å². The second kappa shape index (κ2) is 8.55. The van der Waals surface area contributed by atoms with Crippen molar-refractivity contribution in [2.75, 3.05) is 13.7 Å². The molecule has 0 amide bonds. The van der Waals surface area contributed by atoms with E-state index in [1.165, 1.54) is 32.1 Å². The second-order valence-electron chi connectivity index (χ2n) is 5.53. The molecule has 1 aliphatic rings. The van der Waals surface area contributed by atoms with Gasteiger partial charge in [-0.3, -0.25) is 0 Å². The van der Waals surface area contributed by atoms with Gasteiger partial charge in [-0.1, -0.05) is 31.4 Å². The van der Waals surface area contributed by atoms with E-state index < -0.39 is 0 Å². The van der Waals surface area contributed by atoms with E-state index in [0.29, 0.717) is 12.6 Å². The van der Waals surface area contributed by atoms with Gasteiger partial charge in [0.2, 0.25) is 0 Å². The first-order valence-corrected chi connectivity index (χ1v) is 7.99. The Hall–Kier alpha value is -1.71. The smallest absolute Gasteiger partial charge is 0.191 e. The van der Waals surface area contributed by atoms with E-state index in [2.05, 4.69) is 23.6 Å². The Morgan fingerprint density at radius 2 is 2.10 bits per heavy atom. The summed E-state index contributed by atoms with van der Waals surface area (Å²) in [5, 5.41) is 6.90. The van der Waals surface area contributed by atoms with Crippen molar-refractivity contribution in [1.82, 2.24) is 10.6 Å². The average molecular weight is 289 g/mol. The molecule has 2 N–H and O–H groups in total. The molecule has 0 atom stereocenters. The Morgan fingerprint density at radius 3 is 2.81 bits per heavy atom. The number of rotatable bonds is 5. The monoisotopic (exact) mass is 289 g/mol. The number of guanidine groups is 1. The quantitative estimate of drug-likeness (QED) is 0.647. The summed E-state index contributed by atoms with van der Waals surface area (Å²) in [4.78, 5) is 4.69. The van der Waals surface area contributed by atoms with Crippen molar-refractivity contribution < 1.29 is 4.74 Å². The lowest BCUT2D eigenvalue weighted by Crippen LogP contribution is -2.44. The van der Waals surface area contributed by atoms with Gasteiger partial charge in [-0.15, -0.1) is 0 Å². The summed E-state index contributed by atoms with van der Waals surface area (Å²) in [6, 6.07) is 8.65. The molecule has 1 aromatic carbocycles. The van der Waals surface area contributed by atoms with Crippen LogP contribution in [0.2, 0.25) is 0 Å². The van der Waals surface area contributed by atoms with Gasteiger partial charge in [0, 0.05) is 12.6 Å². The topological polar surface area (TPSA) is 45.7 Å². The number of hydrogen-bond donors (Lipinski definition) is 2. The molecule has 1 saturated carbocycles. The van der Waals surface area contributed by atoms with E-state index in [9.17, 15) is 0 Å². The SMILES string of the molecule is CCNC(=NCc1cccc(OC)c1)NC1CCCCC1. The van der Waals surface area contributed by atoms with E-state index in [4.69, 9.17) is 9.73 Å². The molecule has 0 heterocycles. The van der Waals surface area contributed by atoms with Crippen molar-refractivity contribution in [1.29, 1.82) is 0 Å². The first-order chi connectivity index (χ1) is 10.3. The van der Waals surface area contributed by atoms with Crippen LogP contribution in [-0.2, 0) is 6.54 Å². The number of methoxy groups -OCH3 is 1. The number of ether oxygens (including phenoxy) is 1. The molecule has 0 aromatic heterocycles. The minimum atomic E-state index is 0.571. The predicted octanol–water partition coefficient (Wildman–Crippen LogP) is 3.08. The minimum Gasteiger partial charge on any atom is -0.497 e. The molecule has 1 aliphatic carbocycles. The van der Waals surface area contributed by atoms with Crippen LogP contribution in [0.1, 0.15) is 44.6 Å². The van der Waals surface area contributed by atoms with Crippen molar-refractivity contribution in [3.8, 4) is 5.75 Å². The molecular formula is C17H27N3O. The third kappa shape index (κ3) is 5.29. The summed E-state index contributed by atoms with van der Waals surface area (Å²) >= 11 is 0. The first-order valence-electron chi connectivity index (χ1n) is 7.99. The molecule has 2 rings (SSSR count). The summed E-state index contributed by atoms with van der Waals surface area (Å²) in [5.74, 6) is 1.81. The Labute approximate surface area is 128 Å². The Balaban J connectivity index is 1.95. The highest BCUT2D eigenvalue weighted by atomic mass is 16.5. The van der Waals surface area contributed by atoms with Gasteiger partial charge in [0.25, 0.3) is 0 Å². The van der Waals surface area contributed by atoms with Crippen molar-refractivity contribution in [2.45, 2.75) is 51.6 Å². The van der Waals surface area contributed by atoms with Gasteiger partial charge in [-0.05, 0) is 37.5 Å². The molecule has 4 heteroatoms. The molecular weight excluding hydrogens is 262 g/mol.